The van der Waals surface area contributed by atoms with Gasteiger partial charge >= 0.3 is 5.97 Å². The first-order valence-corrected chi connectivity index (χ1v) is 9.84. The van der Waals surface area contributed by atoms with Crippen LogP contribution in [-0.2, 0) is 4.79 Å². The summed E-state index contributed by atoms with van der Waals surface area (Å²) in [5.74, 6) is 6.59. The van der Waals surface area contributed by atoms with Crippen LogP contribution in [0.2, 0.25) is 0 Å². The van der Waals surface area contributed by atoms with Gasteiger partial charge in [-0.3, -0.25) is 4.79 Å². The molecule has 3 aliphatic carbocycles. The summed E-state index contributed by atoms with van der Waals surface area (Å²) in [4.78, 5) is 10.6. The Hall–Kier alpha value is -1.31. The van der Waals surface area contributed by atoms with Crippen LogP contribution >= 0.6 is 0 Å². The lowest BCUT2D eigenvalue weighted by Crippen LogP contribution is -2.44. The molecule has 5 atom stereocenters. The van der Waals surface area contributed by atoms with Gasteiger partial charge in [0.05, 0.1) is 12.0 Å². The average Bonchev–Trinajstić information content (AvgIpc) is 2.59. The smallest absolute Gasteiger partial charge is 0.303 e. The highest BCUT2D eigenvalue weighted by atomic mass is 16.4. The third kappa shape index (κ3) is 4.46. The Labute approximate surface area is 150 Å². The number of carbonyl (C=O) groups is 1. The summed E-state index contributed by atoms with van der Waals surface area (Å²) in [7, 11) is 0. The summed E-state index contributed by atoms with van der Waals surface area (Å²) < 4.78 is 0. The fraction of sp³-hybridized carbons (Fsp3) is 0.762. The van der Waals surface area contributed by atoms with Gasteiger partial charge in [-0.1, -0.05) is 42.8 Å². The SMILES string of the molecule is O=C(O)CC/C=C1\C[C@@H]2[C@H](C#C[C@@H](O)C3CCCCC3)[C@@H](O)CC[C@@H]12. The predicted octanol–water partition coefficient (Wildman–Crippen LogP) is 3.13. The minimum Gasteiger partial charge on any atom is -0.481 e. The maximum Gasteiger partial charge on any atom is 0.303 e. The van der Waals surface area contributed by atoms with E-state index in [9.17, 15) is 15.0 Å². The van der Waals surface area contributed by atoms with E-state index in [1.807, 2.05) is 0 Å². The maximum atomic E-state index is 10.6. The Balaban J connectivity index is 1.58. The minimum atomic E-state index is -0.757. The summed E-state index contributed by atoms with van der Waals surface area (Å²) in [5, 5.41) is 29.5. The molecule has 0 aromatic rings. The minimum absolute atomic E-state index is 0.0476. The van der Waals surface area contributed by atoms with Crippen LogP contribution in [0.4, 0.5) is 0 Å². The zero-order valence-corrected chi connectivity index (χ0v) is 14.9. The van der Waals surface area contributed by atoms with Gasteiger partial charge in [0.15, 0.2) is 0 Å². The van der Waals surface area contributed by atoms with Gasteiger partial charge in [-0.25, -0.2) is 0 Å². The number of aliphatic hydroxyl groups excluding tert-OH is 2. The van der Waals surface area contributed by atoms with Crippen LogP contribution in [0.15, 0.2) is 11.6 Å². The van der Waals surface area contributed by atoms with Crippen LogP contribution in [0, 0.1) is 35.5 Å². The van der Waals surface area contributed by atoms with Crippen molar-refractivity contribution in [3.05, 3.63) is 11.6 Å². The number of allylic oxidation sites excluding steroid dienone is 2. The van der Waals surface area contributed by atoms with Crippen LogP contribution in [0.25, 0.3) is 0 Å². The lowest BCUT2D eigenvalue weighted by atomic mass is 9.57. The number of aliphatic carboxylic acids is 1. The number of hydrogen-bond donors (Lipinski definition) is 3. The van der Waals surface area contributed by atoms with E-state index < -0.39 is 18.2 Å². The summed E-state index contributed by atoms with van der Waals surface area (Å²) >= 11 is 0. The predicted molar refractivity (Wildman–Crippen MR) is 95.6 cm³/mol. The summed E-state index contributed by atoms with van der Waals surface area (Å²) in [6.45, 7) is 0. The summed E-state index contributed by atoms with van der Waals surface area (Å²) in [6.07, 6.45) is 10.3. The first kappa shape index (κ1) is 18.5. The van der Waals surface area contributed by atoms with Crippen molar-refractivity contribution in [3.63, 3.8) is 0 Å². The molecule has 3 aliphatic rings. The number of hydrogen-bond acceptors (Lipinski definition) is 3. The molecule has 0 unspecified atom stereocenters. The van der Waals surface area contributed by atoms with Crippen molar-refractivity contribution in [2.45, 2.75) is 76.4 Å². The highest BCUT2D eigenvalue weighted by Gasteiger charge is 2.46. The van der Waals surface area contributed by atoms with E-state index >= 15 is 0 Å². The van der Waals surface area contributed by atoms with Gasteiger partial charge in [0.2, 0.25) is 0 Å². The molecule has 4 nitrogen and oxygen atoms in total. The third-order valence-electron chi connectivity index (χ3n) is 6.37. The number of carboxylic acids is 1. The van der Waals surface area contributed by atoms with E-state index in [4.69, 9.17) is 5.11 Å². The lowest BCUT2D eigenvalue weighted by molar-refractivity contribution is -0.136. The summed E-state index contributed by atoms with van der Waals surface area (Å²) in [6, 6.07) is 0. The van der Waals surface area contributed by atoms with Gasteiger partial charge < -0.3 is 15.3 Å². The molecule has 0 amide bonds. The van der Waals surface area contributed by atoms with Gasteiger partial charge in [-0.15, -0.1) is 0 Å². The quantitative estimate of drug-likeness (QED) is 0.540. The molecule has 0 spiro atoms. The molecule has 4 heteroatoms. The zero-order chi connectivity index (χ0) is 17.8. The fourth-order valence-electron chi connectivity index (χ4n) is 4.84. The Morgan fingerprint density at radius 1 is 1.20 bits per heavy atom. The Kier molecular flexibility index (Phi) is 6.19. The van der Waals surface area contributed by atoms with Crippen LogP contribution in [0.5, 0.6) is 0 Å². The second kappa shape index (κ2) is 8.38. The Bertz CT molecular complexity index is 564. The summed E-state index contributed by atoms with van der Waals surface area (Å²) in [5.41, 5.74) is 1.35. The van der Waals surface area contributed by atoms with Crippen molar-refractivity contribution in [2.24, 2.45) is 23.7 Å². The third-order valence-corrected chi connectivity index (χ3v) is 6.37. The van der Waals surface area contributed by atoms with E-state index in [0.29, 0.717) is 24.2 Å². The highest BCUT2D eigenvalue weighted by Crippen LogP contribution is 2.51. The monoisotopic (exact) mass is 346 g/mol. The number of carboxylic acid groups (broad SMARTS) is 1. The number of aliphatic hydroxyl groups is 2. The first-order chi connectivity index (χ1) is 12.1. The van der Waals surface area contributed by atoms with Crippen molar-refractivity contribution in [3.8, 4) is 11.8 Å². The molecule has 0 aromatic carbocycles. The lowest BCUT2D eigenvalue weighted by Gasteiger charge is -2.48. The van der Waals surface area contributed by atoms with E-state index in [2.05, 4.69) is 17.9 Å². The van der Waals surface area contributed by atoms with Crippen molar-refractivity contribution in [1.82, 2.24) is 0 Å². The molecule has 138 valence electrons. The molecular weight excluding hydrogens is 316 g/mol. The van der Waals surface area contributed by atoms with Crippen molar-refractivity contribution >= 4 is 5.97 Å². The van der Waals surface area contributed by atoms with Gasteiger partial charge in [0, 0.05) is 6.42 Å². The highest BCUT2D eigenvalue weighted by molar-refractivity contribution is 5.66. The Morgan fingerprint density at radius 3 is 2.68 bits per heavy atom. The van der Waals surface area contributed by atoms with Crippen LogP contribution < -0.4 is 0 Å². The number of rotatable bonds is 4. The zero-order valence-electron chi connectivity index (χ0n) is 14.9. The molecule has 3 N–H and O–H groups in total. The number of fused-ring (bicyclic) bond motifs is 1. The van der Waals surface area contributed by atoms with Crippen molar-refractivity contribution in [1.29, 1.82) is 0 Å². The molecule has 3 rings (SSSR count). The molecule has 0 bridgehead atoms. The maximum absolute atomic E-state index is 10.6. The fourth-order valence-corrected chi connectivity index (χ4v) is 4.84. The van der Waals surface area contributed by atoms with Crippen LogP contribution in [0.3, 0.4) is 0 Å². The molecule has 25 heavy (non-hydrogen) atoms. The second-order valence-corrected chi connectivity index (χ2v) is 7.99. The van der Waals surface area contributed by atoms with E-state index in [1.165, 1.54) is 24.8 Å². The van der Waals surface area contributed by atoms with E-state index in [-0.39, 0.29) is 12.3 Å². The standard InChI is InChI=1S/C21H30O4/c22-19(14-5-2-1-3-6-14)11-10-17-18-13-15(7-4-8-21(24)25)16(18)9-12-20(17)23/h7,14,16-20,22-23H,1-6,8-9,12-13H2,(H,24,25)/b15-7+/t16-,17-,18-,19+,20-/m0/s1. The molecule has 0 heterocycles. The average molecular weight is 346 g/mol. The van der Waals surface area contributed by atoms with Crippen LogP contribution in [0.1, 0.15) is 64.2 Å². The first-order valence-electron chi connectivity index (χ1n) is 9.84. The largest absolute Gasteiger partial charge is 0.481 e. The van der Waals surface area contributed by atoms with Crippen molar-refractivity contribution in [2.75, 3.05) is 0 Å². The Morgan fingerprint density at radius 2 is 1.96 bits per heavy atom. The molecule has 0 aliphatic heterocycles. The normalized spacial score (nSPS) is 35.2. The van der Waals surface area contributed by atoms with Crippen LogP contribution in [-0.4, -0.2) is 33.5 Å². The molecule has 0 aromatic heterocycles. The van der Waals surface area contributed by atoms with Gasteiger partial charge in [0.1, 0.15) is 6.10 Å². The molecule has 3 fully saturated rings. The van der Waals surface area contributed by atoms with E-state index in [1.54, 1.807) is 0 Å². The van der Waals surface area contributed by atoms with Gasteiger partial charge in [-0.2, -0.15) is 0 Å². The van der Waals surface area contributed by atoms with Gasteiger partial charge in [-0.05, 0) is 56.3 Å². The molecule has 0 radical (unpaired) electrons. The second-order valence-electron chi connectivity index (χ2n) is 7.99. The molecule has 3 saturated carbocycles. The molecule has 0 saturated heterocycles. The molecular formula is C21H30O4. The van der Waals surface area contributed by atoms with Crippen molar-refractivity contribution < 1.29 is 20.1 Å². The topological polar surface area (TPSA) is 77.8 Å². The van der Waals surface area contributed by atoms with Gasteiger partial charge in [0.25, 0.3) is 0 Å². The van der Waals surface area contributed by atoms with E-state index in [0.717, 1.165) is 32.1 Å².